The lowest BCUT2D eigenvalue weighted by Gasteiger charge is -2.14. The van der Waals surface area contributed by atoms with Crippen LogP contribution in [0, 0.1) is 13.8 Å². The van der Waals surface area contributed by atoms with E-state index in [2.05, 4.69) is 50.2 Å². The third-order valence-corrected chi connectivity index (χ3v) is 6.12. The summed E-state index contributed by atoms with van der Waals surface area (Å²) in [6.45, 7) is 4.12. The maximum absolute atomic E-state index is 13.9. The van der Waals surface area contributed by atoms with E-state index in [-0.39, 0.29) is 5.78 Å². The first-order chi connectivity index (χ1) is 16.5. The largest absolute Gasteiger partial charge is 0.497 e. The van der Waals surface area contributed by atoms with Gasteiger partial charge in [0.15, 0.2) is 5.78 Å². The summed E-state index contributed by atoms with van der Waals surface area (Å²) in [5.41, 5.74) is 8.13. The summed E-state index contributed by atoms with van der Waals surface area (Å²) >= 11 is 0. The number of benzene rings is 4. The van der Waals surface area contributed by atoms with Crippen LogP contribution < -0.4 is 9.47 Å². The van der Waals surface area contributed by atoms with E-state index in [4.69, 9.17) is 9.47 Å². The molecule has 0 aliphatic rings. The van der Waals surface area contributed by atoms with Gasteiger partial charge < -0.3 is 9.47 Å². The van der Waals surface area contributed by atoms with Crippen molar-refractivity contribution in [2.75, 3.05) is 14.2 Å². The molecule has 0 bridgehead atoms. The van der Waals surface area contributed by atoms with E-state index in [9.17, 15) is 4.79 Å². The SMILES string of the molecule is COc1ccc(Cc2cc(C)ccc2C(=O)c2ccc(C)cc2Cc2ccc(OC)cc2)cc1. The van der Waals surface area contributed by atoms with Crippen LogP contribution in [-0.4, -0.2) is 20.0 Å². The quantitative estimate of drug-likeness (QED) is 0.279. The Bertz CT molecular complexity index is 1180. The summed E-state index contributed by atoms with van der Waals surface area (Å²) in [6.07, 6.45) is 1.37. The molecule has 0 aromatic heterocycles. The molecule has 172 valence electrons. The van der Waals surface area contributed by atoms with Crippen molar-refractivity contribution in [2.45, 2.75) is 26.7 Å². The van der Waals surface area contributed by atoms with Gasteiger partial charge in [-0.15, -0.1) is 0 Å². The van der Waals surface area contributed by atoms with Gasteiger partial charge in [-0.3, -0.25) is 4.79 Å². The molecule has 0 radical (unpaired) electrons. The van der Waals surface area contributed by atoms with Crippen LogP contribution in [0.1, 0.15) is 49.3 Å². The number of carbonyl (C=O) groups is 1. The van der Waals surface area contributed by atoms with E-state index in [1.165, 1.54) is 0 Å². The lowest BCUT2D eigenvalue weighted by atomic mass is 9.89. The number of hydrogen-bond donors (Lipinski definition) is 0. The van der Waals surface area contributed by atoms with Gasteiger partial charge in [0.1, 0.15) is 11.5 Å². The lowest BCUT2D eigenvalue weighted by Crippen LogP contribution is -2.10. The summed E-state index contributed by atoms with van der Waals surface area (Å²) in [6, 6.07) is 28.2. The van der Waals surface area contributed by atoms with E-state index < -0.39 is 0 Å². The highest BCUT2D eigenvalue weighted by atomic mass is 16.5. The highest BCUT2D eigenvalue weighted by Crippen LogP contribution is 2.25. The second kappa shape index (κ2) is 10.4. The molecule has 0 aliphatic heterocycles. The van der Waals surface area contributed by atoms with Crippen LogP contribution >= 0.6 is 0 Å². The maximum Gasteiger partial charge on any atom is 0.193 e. The van der Waals surface area contributed by atoms with E-state index in [1.807, 2.05) is 48.5 Å². The van der Waals surface area contributed by atoms with Crippen molar-refractivity contribution in [3.63, 3.8) is 0 Å². The molecule has 0 heterocycles. The minimum Gasteiger partial charge on any atom is -0.497 e. The minimum atomic E-state index is 0.0621. The average molecular weight is 451 g/mol. The Morgan fingerprint density at radius 1 is 0.588 bits per heavy atom. The van der Waals surface area contributed by atoms with Gasteiger partial charge in [-0.2, -0.15) is 0 Å². The molecule has 4 rings (SSSR count). The van der Waals surface area contributed by atoms with Crippen LogP contribution in [0.5, 0.6) is 11.5 Å². The van der Waals surface area contributed by atoms with Gasteiger partial charge in [0.2, 0.25) is 0 Å². The number of methoxy groups -OCH3 is 2. The molecule has 34 heavy (non-hydrogen) atoms. The van der Waals surface area contributed by atoms with Gasteiger partial charge in [-0.1, -0.05) is 71.8 Å². The average Bonchev–Trinajstić information content (AvgIpc) is 2.85. The Kier molecular flexibility index (Phi) is 7.12. The van der Waals surface area contributed by atoms with E-state index in [0.29, 0.717) is 12.8 Å². The van der Waals surface area contributed by atoms with Crippen molar-refractivity contribution in [3.8, 4) is 11.5 Å². The zero-order chi connectivity index (χ0) is 24.1. The Labute approximate surface area is 202 Å². The van der Waals surface area contributed by atoms with Gasteiger partial charge >= 0.3 is 0 Å². The highest BCUT2D eigenvalue weighted by molar-refractivity contribution is 6.11. The van der Waals surface area contributed by atoms with Gasteiger partial charge in [0.05, 0.1) is 14.2 Å². The fraction of sp³-hybridized carbons (Fsp3) is 0.194. The van der Waals surface area contributed by atoms with Crippen molar-refractivity contribution in [1.82, 2.24) is 0 Å². The molecule has 4 aromatic rings. The van der Waals surface area contributed by atoms with E-state index in [1.54, 1.807) is 14.2 Å². The normalized spacial score (nSPS) is 10.7. The molecule has 0 N–H and O–H groups in total. The first-order valence-electron chi connectivity index (χ1n) is 11.5. The van der Waals surface area contributed by atoms with Gasteiger partial charge in [0, 0.05) is 11.1 Å². The number of aryl methyl sites for hydroxylation is 2. The first-order valence-corrected chi connectivity index (χ1v) is 11.5. The van der Waals surface area contributed by atoms with Gasteiger partial charge in [0.25, 0.3) is 0 Å². The molecule has 3 heteroatoms. The molecule has 0 fully saturated rings. The van der Waals surface area contributed by atoms with E-state index >= 15 is 0 Å². The van der Waals surface area contributed by atoms with Crippen LogP contribution in [0.25, 0.3) is 0 Å². The first kappa shape index (κ1) is 23.3. The molecule has 0 aliphatic carbocycles. The van der Waals surface area contributed by atoms with Crippen LogP contribution in [0.3, 0.4) is 0 Å². The minimum absolute atomic E-state index is 0.0621. The van der Waals surface area contributed by atoms with Gasteiger partial charge in [-0.25, -0.2) is 0 Å². The zero-order valence-corrected chi connectivity index (χ0v) is 20.2. The molecular weight excluding hydrogens is 420 g/mol. The summed E-state index contributed by atoms with van der Waals surface area (Å²) < 4.78 is 10.6. The van der Waals surface area contributed by atoms with Crippen LogP contribution in [0.4, 0.5) is 0 Å². The van der Waals surface area contributed by atoms with Crippen molar-refractivity contribution in [3.05, 3.63) is 129 Å². The summed E-state index contributed by atoms with van der Waals surface area (Å²) in [5.74, 6) is 1.71. The summed E-state index contributed by atoms with van der Waals surface area (Å²) in [7, 11) is 3.33. The van der Waals surface area contributed by atoms with Crippen LogP contribution in [-0.2, 0) is 12.8 Å². The fourth-order valence-corrected chi connectivity index (χ4v) is 4.25. The van der Waals surface area contributed by atoms with E-state index in [0.717, 1.165) is 56.0 Å². The van der Waals surface area contributed by atoms with Crippen molar-refractivity contribution >= 4 is 5.78 Å². The second-order valence-electron chi connectivity index (χ2n) is 8.70. The zero-order valence-electron chi connectivity index (χ0n) is 20.2. The molecule has 0 atom stereocenters. The molecule has 0 saturated carbocycles. The summed E-state index contributed by atoms with van der Waals surface area (Å²) in [5, 5.41) is 0. The predicted molar refractivity (Wildman–Crippen MR) is 137 cm³/mol. The Hall–Kier alpha value is -3.85. The molecular formula is C31H30O3. The van der Waals surface area contributed by atoms with Crippen LogP contribution in [0.15, 0.2) is 84.9 Å². The van der Waals surface area contributed by atoms with Gasteiger partial charge in [-0.05, 0) is 73.2 Å². The lowest BCUT2D eigenvalue weighted by molar-refractivity contribution is 0.103. The Balaban J connectivity index is 1.68. The molecule has 0 spiro atoms. The van der Waals surface area contributed by atoms with Crippen molar-refractivity contribution in [1.29, 1.82) is 0 Å². The maximum atomic E-state index is 13.9. The number of rotatable bonds is 8. The Morgan fingerprint density at radius 2 is 0.971 bits per heavy atom. The molecule has 0 amide bonds. The summed E-state index contributed by atoms with van der Waals surface area (Å²) in [4.78, 5) is 13.9. The standard InChI is InChI=1S/C31H30O3/c1-21-5-15-29(25(17-21)19-23-7-11-27(33-3)12-8-23)31(32)30-16-6-22(2)18-26(30)20-24-9-13-28(34-4)14-10-24/h5-18H,19-20H2,1-4H3. The fourth-order valence-electron chi connectivity index (χ4n) is 4.25. The molecule has 0 saturated heterocycles. The number of carbonyl (C=O) groups excluding carboxylic acids is 1. The highest BCUT2D eigenvalue weighted by Gasteiger charge is 2.18. The Morgan fingerprint density at radius 3 is 1.32 bits per heavy atom. The predicted octanol–water partition coefficient (Wildman–Crippen LogP) is 6.73. The molecule has 0 unspecified atom stereocenters. The molecule has 4 aromatic carbocycles. The van der Waals surface area contributed by atoms with Crippen molar-refractivity contribution < 1.29 is 14.3 Å². The molecule has 3 nitrogen and oxygen atoms in total. The second-order valence-corrected chi connectivity index (χ2v) is 8.70. The smallest absolute Gasteiger partial charge is 0.193 e. The monoisotopic (exact) mass is 450 g/mol. The topological polar surface area (TPSA) is 35.5 Å². The number of hydrogen-bond acceptors (Lipinski definition) is 3. The third-order valence-electron chi connectivity index (χ3n) is 6.12. The number of ketones is 1. The van der Waals surface area contributed by atoms with Crippen molar-refractivity contribution in [2.24, 2.45) is 0 Å². The third kappa shape index (κ3) is 5.37. The van der Waals surface area contributed by atoms with Crippen LogP contribution in [0.2, 0.25) is 0 Å². The number of ether oxygens (including phenoxy) is 2.